The Bertz CT molecular complexity index is 604. The van der Waals surface area contributed by atoms with Crippen LogP contribution in [0.5, 0.6) is 0 Å². The van der Waals surface area contributed by atoms with Gasteiger partial charge in [0.05, 0.1) is 5.56 Å². The molecule has 0 fully saturated rings. The Hall–Kier alpha value is -1.75. The maximum atomic E-state index is 12.3. The van der Waals surface area contributed by atoms with Gasteiger partial charge in [0.1, 0.15) is 0 Å². The molecule has 0 saturated heterocycles. The first kappa shape index (κ1) is 15.6. The first-order valence-corrected chi connectivity index (χ1v) is 8.22. The largest absolute Gasteiger partial charge is 0.290 e. The van der Waals surface area contributed by atoms with E-state index < -0.39 is 0 Å². The topological polar surface area (TPSA) is 54.9 Å². The molecule has 0 aliphatic rings. The number of aryl methyl sites for hydroxylation is 2. The molecule has 2 aromatic heterocycles. The zero-order valence-electron chi connectivity index (χ0n) is 12.8. The van der Waals surface area contributed by atoms with Crippen LogP contribution in [-0.2, 0) is 12.8 Å². The molecule has 0 spiro atoms. The third-order valence-electron chi connectivity index (χ3n) is 3.45. The van der Waals surface area contributed by atoms with E-state index in [2.05, 4.69) is 29.1 Å². The predicted octanol–water partition coefficient (Wildman–Crippen LogP) is 4.00. The highest BCUT2D eigenvalue weighted by molar-refractivity contribution is 7.10. The highest BCUT2D eigenvalue weighted by atomic mass is 32.1. The van der Waals surface area contributed by atoms with Crippen molar-refractivity contribution in [1.29, 1.82) is 0 Å². The fourth-order valence-electron chi connectivity index (χ4n) is 2.21. The fourth-order valence-corrected chi connectivity index (χ4v) is 3.15. The third kappa shape index (κ3) is 3.88. The molecule has 0 atom stereocenters. The van der Waals surface area contributed by atoms with Crippen molar-refractivity contribution in [3.05, 3.63) is 39.3 Å². The second-order valence-electron chi connectivity index (χ2n) is 5.01. The van der Waals surface area contributed by atoms with Crippen LogP contribution in [-0.4, -0.2) is 15.9 Å². The maximum absolute atomic E-state index is 12.3. The van der Waals surface area contributed by atoms with Crippen molar-refractivity contribution in [2.45, 2.75) is 46.5 Å². The monoisotopic (exact) mass is 303 g/mol. The van der Waals surface area contributed by atoms with E-state index in [1.807, 2.05) is 12.3 Å². The number of hydrogen-bond donors (Lipinski definition) is 1. The van der Waals surface area contributed by atoms with Crippen molar-refractivity contribution in [3.8, 4) is 0 Å². The van der Waals surface area contributed by atoms with E-state index in [9.17, 15) is 4.79 Å². The van der Waals surface area contributed by atoms with Gasteiger partial charge in [-0.3, -0.25) is 10.1 Å². The number of aromatic nitrogens is 2. The van der Waals surface area contributed by atoms with Crippen molar-refractivity contribution in [2.24, 2.45) is 0 Å². The minimum Gasteiger partial charge on any atom is -0.290 e. The summed E-state index contributed by atoms with van der Waals surface area (Å²) >= 11 is 1.60. The van der Waals surface area contributed by atoms with Gasteiger partial charge < -0.3 is 0 Å². The molecule has 2 aromatic rings. The van der Waals surface area contributed by atoms with Gasteiger partial charge in [-0.1, -0.05) is 20.3 Å². The van der Waals surface area contributed by atoms with Crippen molar-refractivity contribution >= 4 is 23.2 Å². The van der Waals surface area contributed by atoms with Gasteiger partial charge in [-0.25, -0.2) is 9.97 Å². The molecule has 1 amide bonds. The molecule has 0 saturated carbocycles. The summed E-state index contributed by atoms with van der Waals surface area (Å²) in [5, 5.41) is 4.68. The molecular formula is C16H21N3OS. The van der Waals surface area contributed by atoms with Crippen molar-refractivity contribution in [2.75, 3.05) is 5.32 Å². The average molecular weight is 303 g/mol. The molecule has 112 valence electrons. The van der Waals surface area contributed by atoms with Crippen LogP contribution in [0.15, 0.2) is 17.8 Å². The number of amides is 1. The lowest BCUT2D eigenvalue weighted by Crippen LogP contribution is -2.15. The highest BCUT2D eigenvalue weighted by Gasteiger charge is 2.15. The molecule has 4 nitrogen and oxygen atoms in total. The highest BCUT2D eigenvalue weighted by Crippen LogP contribution is 2.22. The molecule has 0 radical (unpaired) electrons. The van der Waals surface area contributed by atoms with Gasteiger partial charge in [0.15, 0.2) is 0 Å². The van der Waals surface area contributed by atoms with Gasteiger partial charge in [0, 0.05) is 22.7 Å². The Morgan fingerprint density at radius 1 is 1.29 bits per heavy atom. The number of nitrogens with one attached hydrogen (secondary N) is 1. The van der Waals surface area contributed by atoms with Gasteiger partial charge in [-0.15, -0.1) is 11.3 Å². The minimum absolute atomic E-state index is 0.127. The Labute approximate surface area is 129 Å². The number of hydrogen-bond acceptors (Lipinski definition) is 4. The number of nitrogens with zero attached hydrogens (tertiary/aromatic N) is 2. The molecule has 0 bridgehead atoms. The molecule has 2 heterocycles. The number of anilines is 1. The summed E-state index contributed by atoms with van der Waals surface area (Å²) in [4.78, 5) is 21.9. The first-order valence-electron chi connectivity index (χ1n) is 7.34. The van der Waals surface area contributed by atoms with Crippen LogP contribution < -0.4 is 5.32 Å². The lowest BCUT2D eigenvalue weighted by atomic mass is 10.1. The van der Waals surface area contributed by atoms with Gasteiger partial charge >= 0.3 is 0 Å². The van der Waals surface area contributed by atoms with Gasteiger partial charge in [0.2, 0.25) is 5.95 Å². The van der Waals surface area contributed by atoms with Gasteiger partial charge in [0.25, 0.3) is 5.91 Å². The van der Waals surface area contributed by atoms with E-state index in [0.717, 1.165) is 42.4 Å². The van der Waals surface area contributed by atoms with Crippen LogP contribution >= 0.6 is 11.3 Å². The molecular weight excluding hydrogens is 282 g/mol. The standard InChI is InChI=1S/C16H21N3OS/c1-4-6-7-12-8-17-16(18-9-12)19-15(20)14-10-21-11(3)13(14)5-2/h8-10H,4-7H2,1-3H3,(H,17,18,19,20). The van der Waals surface area contributed by atoms with Crippen LogP contribution in [0.3, 0.4) is 0 Å². The second kappa shape index (κ2) is 7.31. The van der Waals surface area contributed by atoms with Crippen LogP contribution in [0.1, 0.15) is 53.1 Å². The van der Waals surface area contributed by atoms with Gasteiger partial charge in [-0.05, 0) is 37.3 Å². The molecule has 1 N–H and O–H groups in total. The molecule has 0 aliphatic heterocycles. The number of carbonyl (C=O) groups is 1. The van der Waals surface area contributed by atoms with Crippen LogP contribution in [0, 0.1) is 6.92 Å². The fraction of sp³-hybridized carbons (Fsp3) is 0.438. The van der Waals surface area contributed by atoms with E-state index in [1.54, 1.807) is 23.7 Å². The summed E-state index contributed by atoms with van der Waals surface area (Å²) in [6, 6.07) is 0. The minimum atomic E-state index is -0.127. The number of carbonyl (C=O) groups excluding carboxylic acids is 1. The number of thiophene rings is 1. The first-order chi connectivity index (χ1) is 10.2. The summed E-state index contributed by atoms with van der Waals surface area (Å²) in [5.74, 6) is 0.240. The normalized spacial score (nSPS) is 10.6. The van der Waals surface area contributed by atoms with E-state index >= 15 is 0 Å². The van der Waals surface area contributed by atoms with Crippen molar-refractivity contribution < 1.29 is 4.79 Å². The van der Waals surface area contributed by atoms with Crippen molar-refractivity contribution in [1.82, 2.24) is 9.97 Å². The molecule has 0 aliphatic carbocycles. The second-order valence-corrected chi connectivity index (χ2v) is 6.09. The smallest absolute Gasteiger partial charge is 0.259 e. The van der Waals surface area contributed by atoms with Crippen LogP contribution in [0.2, 0.25) is 0 Å². The molecule has 0 aromatic carbocycles. The van der Waals surface area contributed by atoms with E-state index in [-0.39, 0.29) is 5.91 Å². The lowest BCUT2D eigenvalue weighted by molar-refractivity contribution is 0.102. The Balaban J connectivity index is 2.05. The van der Waals surface area contributed by atoms with E-state index in [0.29, 0.717) is 5.95 Å². The number of rotatable bonds is 6. The predicted molar refractivity (Wildman–Crippen MR) is 87.0 cm³/mol. The average Bonchev–Trinajstić information content (AvgIpc) is 2.87. The molecule has 5 heteroatoms. The van der Waals surface area contributed by atoms with E-state index in [4.69, 9.17) is 0 Å². The van der Waals surface area contributed by atoms with Gasteiger partial charge in [-0.2, -0.15) is 0 Å². The van der Waals surface area contributed by atoms with Crippen molar-refractivity contribution in [3.63, 3.8) is 0 Å². The van der Waals surface area contributed by atoms with Crippen LogP contribution in [0.4, 0.5) is 5.95 Å². The summed E-state index contributed by atoms with van der Waals surface area (Å²) in [6.07, 6.45) is 7.69. The Morgan fingerprint density at radius 2 is 2.00 bits per heavy atom. The summed E-state index contributed by atoms with van der Waals surface area (Å²) in [6.45, 7) is 6.26. The summed E-state index contributed by atoms with van der Waals surface area (Å²) in [5.41, 5.74) is 2.95. The molecule has 21 heavy (non-hydrogen) atoms. The summed E-state index contributed by atoms with van der Waals surface area (Å²) in [7, 11) is 0. The molecule has 0 unspecified atom stereocenters. The van der Waals surface area contributed by atoms with Crippen LogP contribution in [0.25, 0.3) is 0 Å². The third-order valence-corrected chi connectivity index (χ3v) is 4.40. The summed E-state index contributed by atoms with van der Waals surface area (Å²) < 4.78 is 0. The zero-order chi connectivity index (χ0) is 15.2. The molecule has 2 rings (SSSR count). The Morgan fingerprint density at radius 3 is 2.62 bits per heavy atom. The Kier molecular flexibility index (Phi) is 5.44. The zero-order valence-corrected chi connectivity index (χ0v) is 13.6. The van der Waals surface area contributed by atoms with E-state index in [1.165, 1.54) is 4.88 Å². The maximum Gasteiger partial charge on any atom is 0.259 e. The quantitative estimate of drug-likeness (QED) is 0.877. The lowest BCUT2D eigenvalue weighted by Gasteiger charge is -2.05. The number of unbranched alkanes of at least 4 members (excludes halogenated alkanes) is 1. The SMILES string of the molecule is CCCCc1cnc(NC(=O)c2csc(C)c2CC)nc1.